The molecule has 0 saturated heterocycles. The maximum Gasteiger partial charge on any atom is 0.336 e. The first-order valence-corrected chi connectivity index (χ1v) is 4.41. The van der Waals surface area contributed by atoms with E-state index in [9.17, 15) is 19.7 Å². The number of amides is 1. The Hall–Kier alpha value is -2.70. The molecule has 0 radical (unpaired) electrons. The number of carboxylic acid groups (broad SMARTS) is 1. The molecular formula is C10H8N2O5. The third kappa shape index (κ3) is 3.13. The molecule has 7 heteroatoms. The zero-order valence-corrected chi connectivity index (χ0v) is 8.49. The molecule has 0 aliphatic heterocycles. The normalized spacial score (nSPS) is 10.9. The Balaban J connectivity index is 3.17. The number of rotatable bonds is 4. The Morgan fingerprint density at radius 3 is 2.18 bits per heavy atom. The highest BCUT2D eigenvalue weighted by molar-refractivity contribution is 6.20. The molecule has 3 N–H and O–H groups in total. The average molecular weight is 236 g/mol. The number of non-ortho nitro benzene ring substituents is 1. The Morgan fingerprint density at radius 2 is 1.82 bits per heavy atom. The molecule has 1 aromatic rings. The molecule has 1 aromatic carbocycles. The number of primary amides is 1. The number of carbonyl (C=O) groups excluding carboxylic acids is 1. The second-order valence-corrected chi connectivity index (χ2v) is 3.07. The Bertz CT molecular complexity index is 504. The van der Waals surface area contributed by atoms with E-state index in [2.05, 4.69) is 0 Å². The predicted molar refractivity (Wildman–Crippen MR) is 57.9 cm³/mol. The molecule has 0 fully saturated rings. The van der Waals surface area contributed by atoms with Gasteiger partial charge in [-0.3, -0.25) is 14.9 Å². The SMILES string of the molecule is NC(=O)C=C(C(=O)O)c1ccc([N+](=O)[O-])cc1. The van der Waals surface area contributed by atoms with Crippen LogP contribution in [-0.2, 0) is 9.59 Å². The van der Waals surface area contributed by atoms with Crippen LogP contribution in [0.1, 0.15) is 5.56 Å². The Labute approximate surface area is 95.3 Å². The van der Waals surface area contributed by atoms with Gasteiger partial charge >= 0.3 is 5.97 Å². The van der Waals surface area contributed by atoms with Gasteiger partial charge in [-0.1, -0.05) is 0 Å². The van der Waals surface area contributed by atoms with E-state index >= 15 is 0 Å². The molecule has 0 aromatic heterocycles. The number of aliphatic carboxylic acids is 1. The van der Waals surface area contributed by atoms with Gasteiger partial charge < -0.3 is 10.8 Å². The van der Waals surface area contributed by atoms with Crippen molar-refractivity contribution in [3.63, 3.8) is 0 Å². The molecule has 0 atom stereocenters. The zero-order valence-electron chi connectivity index (χ0n) is 8.49. The summed E-state index contributed by atoms with van der Waals surface area (Å²) in [5.41, 5.74) is 4.55. The van der Waals surface area contributed by atoms with Crippen molar-refractivity contribution < 1.29 is 19.6 Å². The van der Waals surface area contributed by atoms with Crippen LogP contribution in [-0.4, -0.2) is 21.9 Å². The van der Waals surface area contributed by atoms with Crippen molar-refractivity contribution in [3.8, 4) is 0 Å². The minimum absolute atomic E-state index is 0.168. The van der Waals surface area contributed by atoms with Gasteiger partial charge in [0.2, 0.25) is 5.91 Å². The van der Waals surface area contributed by atoms with Gasteiger partial charge in [-0.15, -0.1) is 0 Å². The summed E-state index contributed by atoms with van der Waals surface area (Å²) in [6.45, 7) is 0. The van der Waals surface area contributed by atoms with Gasteiger partial charge in [0.15, 0.2) is 0 Å². The lowest BCUT2D eigenvalue weighted by molar-refractivity contribution is -0.384. The maximum absolute atomic E-state index is 10.8. The Morgan fingerprint density at radius 1 is 1.29 bits per heavy atom. The summed E-state index contributed by atoms with van der Waals surface area (Å²) in [6, 6.07) is 4.77. The summed E-state index contributed by atoms with van der Waals surface area (Å²) < 4.78 is 0. The number of nitrogens with two attached hydrogens (primary N) is 1. The summed E-state index contributed by atoms with van der Waals surface area (Å²) in [5.74, 6) is -2.24. The smallest absolute Gasteiger partial charge is 0.336 e. The van der Waals surface area contributed by atoms with E-state index in [1.807, 2.05) is 0 Å². The van der Waals surface area contributed by atoms with Gasteiger partial charge in [-0.25, -0.2) is 4.79 Å². The molecule has 0 unspecified atom stereocenters. The lowest BCUT2D eigenvalue weighted by atomic mass is 10.1. The number of hydrogen-bond acceptors (Lipinski definition) is 4. The number of carboxylic acids is 1. The van der Waals surface area contributed by atoms with Crippen LogP contribution in [0.3, 0.4) is 0 Å². The van der Waals surface area contributed by atoms with E-state index < -0.39 is 16.8 Å². The van der Waals surface area contributed by atoms with Crippen LogP contribution in [0.4, 0.5) is 5.69 Å². The number of nitrogens with zero attached hydrogens (tertiary/aromatic N) is 1. The number of nitro groups is 1. The van der Waals surface area contributed by atoms with Crippen molar-refractivity contribution in [2.24, 2.45) is 5.73 Å². The molecule has 0 aliphatic carbocycles. The van der Waals surface area contributed by atoms with Gasteiger partial charge in [0.1, 0.15) is 0 Å². The highest BCUT2D eigenvalue weighted by Crippen LogP contribution is 2.18. The summed E-state index contributed by atoms with van der Waals surface area (Å²) in [7, 11) is 0. The second kappa shape index (κ2) is 4.88. The van der Waals surface area contributed by atoms with Crippen molar-refractivity contribution in [1.82, 2.24) is 0 Å². The van der Waals surface area contributed by atoms with Gasteiger partial charge in [0, 0.05) is 18.2 Å². The number of carbonyl (C=O) groups is 2. The molecule has 17 heavy (non-hydrogen) atoms. The van der Waals surface area contributed by atoms with Crippen LogP contribution in [0.15, 0.2) is 30.3 Å². The van der Waals surface area contributed by atoms with Crippen LogP contribution < -0.4 is 5.73 Å². The maximum atomic E-state index is 10.8. The van der Waals surface area contributed by atoms with E-state index in [1.54, 1.807) is 0 Å². The molecule has 88 valence electrons. The highest BCUT2D eigenvalue weighted by Gasteiger charge is 2.13. The first-order valence-electron chi connectivity index (χ1n) is 4.41. The fraction of sp³-hybridized carbons (Fsp3) is 0. The first-order chi connectivity index (χ1) is 7.91. The standard InChI is InChI=1S/C10H8N2O5/c11-9(13)5-8(10(14)15)6-1-3-7(4-2-6)12(16)17/h1-5H,(H2,11,13)(H,14,15). The molecule has 0 saturated carbocycles. The lowest BCUT2D eigenvalue weighted by Crippen LogP contribution is -2.10. The third-order valence-corrected chi connectivity index (χ3v) is 1.91. The second-order valence-electron chi connectivity index (χ2n) is 3.07. The molecule has 1 amide bonds. The van der Waals surface area contributed by atoms with Crippen LogP contribution in [0.5, 0.6) is 0 Å². The first kappa shape index (κ1) is 12.4. The topological polar surface area (TPSA) is 124 Å². The van der Waals surface area contributed by atoms with E-state index in [0.717, 1.165) is 18.2 Å². The summed E-state index contributed by atoms with van der Waals surface area (Å²) in [6.07, 6.45) is 0.753. The van der Waals surface area contributed by atoms with E-state index in [4.69, 9.17) is 10.8 Å². The largest absolute Gasteiger partial charge is 0.478 e. The Kier molecular flexibility index (Phi) is 3.55. The molecular weight excluding hydrogens is 228 g/mol. The van der Waals surface area contributed by atoms with Crippen molar-refractivity contribution >= 4 is 23.1 Å². The number of nitro benzene ring substituents is 1. The molecule has 7 nitrogen and oxygen atoms in total. The van der Waals surface area contributed by atoms with Gasteiger partial charge in [0.05, 0.1) is 10.5 Å². The summed E-state index contributed by atoms with van der Waals surface area (Å²) in [4.78, 5) is 31.3. The highest BCUT2D eigenvalue weighted by atomic mass is 16.6. The van der Waals surface area contributed by atoms with Gasteiger partial charge in [-0.05, 0) is 17.7 Å². The zero-order chi connectivity index (χ0) is 13.0. The fourth-order valence-corrected chi connectivity index (χ4v) is 1.17. The fourth-order valence-electron chi connectivity index (χ4n) is 1.17. The number of hydrogen-bond donors (Lipinski definition) is 2. The van der Waals surface area contributed by atoms with Crippen molar-refractivity contribution in [2.75, 3.05) is 0 Å². The van der Waals surface area contributed by atoms with Crippen LogP contribution in [0.2, 0.25) is 0 Å². The van der Waals surface area contributed by atoms with Crippen LogP contribution in [0, 0.1) is 10.1 Å². The molecule has 1 rings (SSSR count). The minimum atomic E-state index is -1.34. The van der Waals surface area contributed by atoms with Crippen LogP contribution >= 0.6 is 0 Å². The lowest BCUT2D eigenvalue weighted by Gasteiger charge is -2.01. The molecule has 0 spiro atoms. The van der Waals surface area contributed by atoms with Crippen LogP contribution in [0.25, 0.3) is 5.57 Å². The molecule has 0 bridgehead atoms. The third-order valence-electron chi connectivity index (χ3n) is 1.91. The summed E-state index contributed by atoms with van der Waals surface area (Å²) in [5, 5.41) is 19.2. The van der Waals surface area contributed by atoms with E-state index in [0.29, 0.717) is 0 Å². The summed E-state index contributed by atoms with van der Waals surface area (Å²) >= 11 is 0. The quantitative estimate of drug-likeness (QED) is 0.448. The predicted octanol–water partition coefficient (Wildman–Crippen LogP) is 0.548. The average Bonchev–Trinajstić information content (AvgIpc) is 2.25. The van der Waals surface area contributed by atoms with E-state index in [-0.39, 0.29) is 16.8 Å². The van der Waals surface area contributed by atoms with Crippen molar-refractivity contribution in [3.05, 3.63) is 46.0 Å². The molecule has 0 aliphatic rings. The van der Waals surface area contributed by atoms with Crippen molar-refractivity contribution in [1.29, 1.82) is 0 Å². The molecule has 0 heterocycles. The number of benzene rings is 1. The van der Waals surface area contributed by atoms with Gasteiger partial charge in [-0.2, -0.15) is 0 Å². The van der Waals surface area contributed by atoms with Crippen molar-refractivity contribution in [2.45, 2.75) is 0 Å². The monoisotopic (exact) mass is 236 g/mol. The van der Waals surface area contributed by atoms with Gasteiger partial charge in [0.25, 0.3) is 5.69 Å². The van der Waals surface area contributed by atoms with E-state index in [1.165, 1.54) is 12.1 Å². The minimum Gasteiger partial charge on any atom is -0.478 e.